The molecule has 2 aliphatic rings. The van der Waals surface area contributed by atoms with E-state index in [-0.39, 0.29) is 18.3 Å². The molecule has 0 spiro atoms. The predicted octanol–water partition coefficient (Wildman–Crippen LogP) is 5.24. The van der Waals surface area contributed by atoms with Gasteiger partial charge in [0.15, 0.2) is 0 Å². The predicted molar refractivity (Wildman–Crippen MR) is 90.4 cm³/mol. The normalized spacial score (nSPS) is 28.8. The Hall–Kier alpha value is -0.275. The Kier molecular flexibility index (Phi) is 4.67. The van der Waals surface area contributed by atoms with E-state index in [4.69, 9.17) is 9.31 Å². The largest absolute Gasteiger partial charge is 0.461 e. The van der Waals surface area contributed by atoms with Crippen molar-refractivity contribution in [2.45, 2.75) is 91.7 Å². The molecule has 0 aromatic carbocycles. The summed E-state index contributed by atoms with van der Waals surface area (Å²) >= 11 is 0. The van der Waals surface area contributed by atoms with Crippen LogP contribution in [-0.4, -0.2) is 18.3 Å². The first-order chi connectivity index (χ1) is 9.51. The maximum atomic E-state index is 6.06. The Balaban J connectivity index is 1.85. The highest BCUT2D eigenvalue weighted by atomic mass is 16.7. The summed E-state index contributed by atoms with van der Waals surface area (Å²) in [5.74, 6) is 0.867. The first kappa shape index (κ1) is 17.1. The molecule has 2 rings (SSSR count). The van der Waals surface area contributed by atoms with Gasteiger partial charge < -0.3 is 9.31 Å². The molecule has 0 aromatic heterocycles. The summed E-state index contributed by atoms with van der Waals surface area (Å²) in [7, 11) is -0.0807. The Bertz CT molecular complexity index is 378. The van der Waals surface area contributed by atoms with Crippen LogP contribution in [0.2, 0.25) is 6.32 Å². The summed E-state index contributed by atoms with van der Waals surface area (Å²) in [6.07, 6.45) is 8.43. The van der Waals surface area contributed by atoms with Gasteiger partial charge in [0.2, 0.25) is 0 Å². The molecule has 2 fully saturated rings. The van der Waals surface area contributed by atoms with E-state index in [0.29, 0.717) is 5.41 Å². The molecule has 0 bridgehead atoms. The van der Waals surface area contributed by atoms with Crippen LogP contribution in [0.1, 0.15) is 74.1 Å². The Morgan fingerprint density at radius 3 is 1.95 bits per heavy atom. The molecule has 1 aliphatic heterocycles. The molecule has 0 atom stereocenters. The Morgan fingerprint density at radius 2 is 1.52 bits per heavy atom. The highest BCUT2D eigenvalue weighted by molar-refractivity contribution is 6.46. The lowest BCUT2D eigenvalue weighted by molar-refractivity contribution is 0.00578. The molecule has 0 amide bonds. The number of hydrogen-bond acceptors (Lipinski definition) is 2. The van der Waals surface area contributed by atoms with Crippen LogP contribution in [0.3, 0.4) is 0 Å². The maximum absolute atomic E-state index is 6.06. The van der Waals surface area contributed by atoms with E-state index in [2.05, 4.69) is 54.5 Å². The minimum Gasteiger partial charge on any atom is -0.403 e. The van der Waals surface area contributed by atoms with E-state index < -0.39 is 0 Å². The van der Waals surface area contributed by atoms with Gasteiger partial charge in [0, 0.05) is 6.32 Å². The van der Waals surface area contributed by atoms with Crippen molar-refractivity contribution < 1.29 is 9.31 Å². The molecule has 1 saturated heterocycles. The number of rotatable bonds is 2. The van der Waals surface area contributed by atoms with E-state index in [1.807, 2.05) is 0 Å². The minimum absolute atomic E-state index is 0.0807. The SMILES string of the molecule is CC(C)(C)C1CCC(=CCB2OC(C)(C)C(C)(C)O2)CC1. The van der Waals surface area contributed by atoms with Crippen molar-refractivity contribution in [1.82, 2.24) is 0 Å². The smallest absolute Gasteiger partial charge is 0.403 e. The van der Waals surface area contributed by atoms with Gasteiger partial charge in [-0.05, 0) is 64.7 Å². The molecular formula is C18H33BO2. The zero-order chi connectivity index (χ0) is 15.9. The van der Waals surface area contributed by atoms with Gasteiger partial charge in [-0.2, -0.15) is 0 Å². The molecule has 1 aliphatic carbocycles. The van der Waals surface area contributed by atoms with Gasteiger partial charge in [0.25, 0.3) is 0 Å². The standard InChI is InChI=1S/C18H33BO2/c1-16(2,3)15-10-8-14(9-11-15)12-13-19-20-17(4,5)18(6,7)21-19/h12,15H,8-11,13H2,1-7H3. The molecule has 2 nitrogen and oxygen atoms in total. The fraction of sp³-hybridized carbons (Fsp3) is 0.889. The fourth-order valence-corrected chi connectivity index (χ4v) is 3.38. The highest BCUT2D eigenvalue weighted by Crippen LogP contribution is 2.41. The second-order valence-electron chi connectivity index (χ2n) is 8.92. The van der Waals surface area contributed by atoms with Gasteiger partial charge in [-0.15, -0.1) is 0 Å². The lowest BCUT2D eigenvalue weighted by Gasteiger charge is -2.34. The van der Waals surface area contributed by atoms with Gasteiger partial charge in [-0.1, -0.05) is 32.4 Å². The van der Waals surface area contributed by atoms with E-state index in [1.54, 1.807) is 5.57 Å². The topological polar surface area (TPSA) is 18.5 Å². The molecule has 1 heterocycles. The third kappa shape index (κ3) is 3.93. The van der Waals surface area contributed by atoms with Crippen LogP contribution >= 0.6 is 0 Å². The summed E-state index contributed by atoms with van der Waals surface area (Å²) in [6.45, 7) is 15.6. The molecule has 0 aromatic rings. The van der Waals surface area contributed by atoms with Crippen LogP contribution in [-0.2, 0) is 9.31 Å². The lowest BCUT2D eigenvalue weighted by Crippen LogP contribution is -2.41. The molecule has 1 saturated carbocycles. The number of hydrogen-bond donors (Lipinski definition) is 0. The fourth-order valence-electron chi connectivity index (χ4n) is 3.38. The van der Waals surface area contributed by atoms with Gasteiger partial charge in [-0.3, -0.25) is 0 Å². The first-order valence-electron chi connectivity index (χ1n) is 8.55. The summed E-state index contributed by atoms with van der Waals surface area (Å²) in [6, 6.07) is 0. The van der Waals surface area contributed by atoms with Crippen LogP contribution in [0.15, 0.2) is 11.6 Å². The van der Waals surface area contributed by atoms with Crippen LogP contribution in [0, 0.1) is 11.3 Å². The minimum atomic E-state index is -0.208. The van der Waals surface area contributed by atoms with Crippen molar-refractivity contribution in [3.8, 4) is 0 Å². The third-order valence-corrected chi connectivity index (χ3v) is 5.75. The average Bonchev–Trinajstić information content (AvgIpc) is 2.55. The molecule has 21 heavy (non-hydrogen) atoms. The first-order valence-corrected chi connectivity index (χ1v) is 8.55. The van der Waals surface area contributed by atoms with Crippen LogP contribution < -0.4 is 0 Å². The van der Waals surface area contributed by atoms with Crippen molar-refractivity contribution >= 4 is 7.12 Å². The summed E-state index contributed by atoms with van der Waals surface area (Å²) in [4.78, 5) is 0. The van der Waals surface area contributed by atoms with Gasteiger partial charge in [-0.25, -0.2) is 0 Å². The second-order valence-corrected chi connectivity index (χ2v) is 8.92. The average molecular weight is 292 g/mol. The third-order valence-electron chi connectivity index (χ3n) is 5.75. The Labute approximate surface area is 131 Å². The molecule has 120 valence electrons. The van der Waals surface area contributed by atoms with Crippen molar-refractivity contribution in [2.24, 2.45) is 11.3 Å². The van der Waals surface area contributed by atoms with Gasteiger partial charge in [0.05, 0.1) is 11.2 Å². The van der Waals surface area contributed by atoms with Crippen molar-refractivity contribution in [3.05, 3.63) is 11.6 Å². The monoisotopic (exact) mass is 292 g/mol. The van der Waals surface area contributed by atoms with Crippen molar-refractivity contribution in [3.63, 3.8) is 0 Å². The second kappa shape index (κ2) is 5.74. The van der Waals surface area contributed by atoms with Gasteiger partial charge in [0.1, 0.15) is 0 Å². The zero-order valence-electron chi connectivity index (χ0n) is 15.1. The summed E-state index contributed by atoms with van der Waals surface area (Å²) < 4.78 is 12.1. The van der Waals surface area contributed by atoms with E-state index in [0.717, 1.165) is 12.2 Å². The van der Waals surface area contributed by atoms with Crippen LogP contribution in [0.4, 0.5) is 0 Å². The Morgan fingerprint density at radius 1 is 1.05 bits per heavy atom. The van der Waals surface area contributed by atoms with Gasteiger partial charge >= 0.3 is 7.12 Å². The van der Waals surface area contributed by atoms with E-state index >= 15 is 0 Å². The highest BCUT2D eigenvalue weighted by Gasteiger charge is 2.50. The molecule has 0 N–H and O–H groups in total. The summed E-state index contributed by atoms with van der Waals surface area (Å²) in [5.41, 5.74) is 1.64. The summed E-state index contributed by atoms with van der Waals surface area (Å²) in [5, 5.41) is 0. The number of allylic oxidation sites excluding steroid dienone is 2. The maximum Gasteiger partial charge on any atom is 0.461 e. The zero-order valence-corrected chi connectivity index (χ0v) is 15.1. The quantitative estimate of drug-likeness (QED) is 0.512. The lowest BCUT2D eigenvalue weighted by atomic mass is 9.70. The van der Waals surface area contributed by atoms with E-state index in [1.165, 1.54) is 25.7 Å². The van der Waals surface area contributed by atoms with Crippen molar-refractivity contribution in [1.29, 1.82) is 0 Å². The van der Waals surface area contributed by atoms with Crippen LogP contribution in [0.25, 0.3) is 0 Å². The molecule has 0 unspecified atom stereocenters. The van der Waals surface area contributed by atoms with Crippen molar-refractivity contribution in [2.75, 3.05) is 0 Å². The molecule has 0 radical (unpaired) electrons. The molecular weight excluding hydrogens is 259 g/mol. The van der Waals surface area contributed by atoms with E-state index in [9.17, 15) is 0 Å². The van der Waals surface area contributed by atoms with Crippen LogP contribution in [0.5, 0.6) is 0 Å². The molecule has 3 heteroatoms.